The van der Waals surface area contributed by atoms with Crippen molar-refractivity contribution < 1.29 is 8.42 Å². The largest absolute Gasteiger partial charge is 0.280 e. The van der Waals surface area contributed by atoms with Gasteiger partial charge in [0.2, 0.25) is 0 Å². The number of anilines is 1. The molecular formula is C17H19NO2S3. The van der Waals surface area contributed by atoms with Crippen LogP contribution in [0.25, 0.3) is 0 Å². The van der Waals surface area contributed by atoms with E-state index in [1.165, 1.54) is 5.56 Å². The van der Waals surface area contributed by atoms with Crippen LogP contribution in [0.2, 0.25) is 0 Å². The SMILES string of the molecule is Cc1ccc(C)c(S(=O)(=O)Nc2cccc(C3SCCS3)c2)c1. The molecule has 0 aliphatic carbocycles. The van der Waals surface area contributed by atoms with E-state index in [2.05, 4.69) is 10.8 Å². The second-order valence-electron chi connectivity index (χ2n) is 5.57. The van der Waals surface area contributed by atoms with Crippen molar-refractivity contribution in [3.8, 4) is 0 Å². The predicted molar refractivity (Wildman–Crippen MR) is 101 cm³/mol. The van der Waals surface area contributed by atoms with Crippen LogP contribution < -0.4 is 4.72 Å². The fraction of sp³-hybridized carbons (Fsp3) is 0.294. The molecule has 0 radical (unpaired) electrons. The Labute approximate surface area is 146 Å². The molecule has 1 saturated heterocycles. The van der Waals surface area contributed by atoms with E-state index in [1.54, 1.807) is 12.1 Å². The van der Waals surface area contributed by atoms with E-state index in [9.17, 15) is 8.42 Å². The maximum absolute atomic E-state index is 12.7. The van der Waals surface area contributed by atoms with Gasteiger partial charge in [0, 0.05) is 17.2 Å². The van der Waals surface area contributed by atoms with Crippen LogP contribution in [-0.4, -0.2) is 19.9 Å². The van der Waals surface area contributed by atoms with Crippen LogP contribution in [0.5, 0.6) is 0 Å². The molecule has 1 N–H and O–H groups in total. The molecule has 3 nitrogen and oxygen atoms in total. The number of nitrogens with one attached hydrogen (secondary N) is 1. The molecule has 0 amide bonds. The van der Waals surface area contributed by atoms with Gasteiger partial charge in [0.25, 0.3) is 10.0 Å². The Balaban J connectivity index is 1.88. The smallest absolute Gasteiger partial charge is 0.262 e. The summed E-state index contributed by atoms with van der Waals surface area (Å²) in [5.41, 5.74) is 3.47. The summed E-state index contributed by atoms with van der Waals surface area (Å²) in [6, 6.07) is 13.2. The van der Waals surface area contributed by atoms with E-state index in [4.69, 9.17) is 0 Å². The summed E-state index contributed by atoms with van der Waals surface area (Å²) < 4.78 is 28.5. The molecule has 0 saturated carbocycles. The molecular weight excluding hydrogens is 346 g/mol. The number of sulfonamides is 1. The van der Waals surface area contributed by atoms with Gasteiger partial charge >= 0.3 is 0 Å². The standard InChI is InChI=1S/C17H19NO2S3/c1-12-6-7-13(2)16(10-12)23(19,20)18-15-5-3-4-14(11-15)17-21-8-9-22-17/h3-7,10-11,17-18H,8-9H2,1-2H3. The zero-order valence-corrected chi connectivity index (χ0v) is 15.5. The molecule has 0 atom stereocenters. The lowest BCUT2D eigenvalue weighted by Gasteiger charge is -2.13. The van der Waals surface area contributed by atoms with Gasteiger partial charge < -0.3 is 0 Å². The first kappa shape index (κ1) is 16.7. The lowest BCUT2D eigenvalue weighted by atomic mass is 10.2. The molecule has 23 heavy (non-hydrogen) atoms. The average Bonchev–Trinajstić information content (AvgIpc) is 3.04. The summed E-state index contributed by atoms with van der Waals surface area (Å²) in [4.78, 5) is 0.340. The third-order valence-electron chi connectivity index (χ3n) is 3.67. The monoisotopic (exact) mass is 365 g/mol. The van der Waals surface area contributed by atoms with E-state index in [0.29, 0.717) is 15.2 Å². The van der Waals surface area contributed by atoms with Gasteiger partial charge in [-0.25, -0.2) is 8.42 Å². The van der Waals surface area contributed by atoms with Gasteiger partial charge in [-0.2, -0.15) is 0 Å². The molecule has 1 fully saturated rings. The van der Waals surface area contributed by atoms with E-state index >= 15 is 0 Å². The first-order valence-corrected chi connectivity index (χ1v) is 11.0. The van der Waals surface area contributed by atoms with Gasteiger partial charge in [-0.3, -0.25) is 4.72 Å². The number of hydrogen-bond acceptors (Lipinski definition) is 4. The number of hydrogen-bond donors (Lipinski definition) is 1. The van der Waals surface area contributed by atoms with Crippen molar-refractivity contribution >= 4 is 39.2 Å². The highest BCUT2D eigenvalue weighted by molar-refractivity contribution is 8.19. The Morgan fingerprint density at radius 3 is 2.52 bits per heavy atom. The molecule has 0 bridgehead atoms. The van der Waals surface area contributed by atoms with Crippen molar-refractivity contribution in [2.75, 3.05) is 16.2 Å². The van der Waals surface area contributed by atoms with E-state index < -0.39 is 10.0 Å². The molecule has 2 aromatic carbocycles. The normalized spacial score (nSPS) is 15.7. The molecule has 6 heteroatoms. The van der Waals surface area contributed by atoms with Gasteiger partial charge in [0.05, 0.1) is 9.48 Å². The fourth-order valence-electron chi connectivity index (χ4n) is 2.51. The van der Waals surface area contributed by atoms with Crippen molar-refractivity contribution in [1.29, 1.82) is 0 Å². The number of aryl methyl sites for hydroxylation is 2. The summed E-state index contributed by atoms with van der Waals surface area (Å²) >= 11 is 3.82. The van der Waals surface area contributed by atoms with Crippen molar-refractivity contribution in [3.63, 3.8) is 0 Å². The second-order valence-corrected chi connectivity index (χ2v) is 9.95. The minimum Gasteiger partial charge on any atom is -0.280 e. The second kappa shape index (κ2) is 6.79. The Morgan fingerprint density at radius 2 is 1.78 bits per heavy atom. The van der Waals surface area contributed by atoms with Crippen molar-refractivity contribution in [3.05, 3.63) is 59.2 Å². The summed E-state index contributed by atoms with van der Waals surface area (Å²) in [6.07, 6.45) is 0. The highest BCUT2D eigenvalue weighted by atomic mass is 32.2. The Bertz CT molecular complexity index is 812. The third-order valence-corrected chi connectivity index (χ3v) is 8.29. The first-order chi connectivity index (χ1) is 11.0. The van der Waals surface area contributed by atoms with Crippen LogP contribution in [0.1, 0.15) is 21.3 Å². The van der Waals surface area contributed by atoms with E-state index in [-0.39, 0.29) is 0 Å². The van der Waals surface area contributed by atoms with E-state index in [1.807, 2.05) is 61.6 Å². The minimum absolute atomic E-state index is 0.340. The van der Waals surface area contributed by atoms with Gasteiger partial charge in [0.15, 0.2) is 0 Å². The van der Waals surface area contributed by atoms with Gasteiger partial charge in [-0.15, -0.1) is 23.5 Å². The maximum atomic E-state index is 12.7. The molecule has 0 spiro atoms. The molecule has 1 heterocycles. The molecule has 0 unspecified atom stereocenters. The number of thioether (sulfide) groups is 2. The molecule has 1 aliphatic rings. The van der Waals surface area contributed by atoms with Gasteiger partial charge in [-0.1, -0.05) is 24.3 Å². The summed E-state index contributed by atoms with van der Waals surface area (Å²) in [7, 11) is -3.57. The fourth-order valence-corrected chi connectivity index (χ4v) is 6.73. The lowest BCUT2D eigenvalue weighted by Crippen LogP contribution is -2.14. The molecule has 1 aliphatic heterocycles. The topological polar surface area (TPSA) is 46.2 Å². The highest BCUT2D eigenvalue weighted by Gasteiger charge is 2.20. The summed E-state index contributed by atoms with van der Waals surface area (Å²) in [5.74, 6) is 2.29. The molecule has 3 rings (SSSR count). The summed E-state index contributed by atoms with van der Waals surface area (Å²) in [5, 5.41) is 0. The zero-order valence-electron chi connectivity index (χ0n) is 13.1. The number of rotatable bonds is 4. The quantitative estimate of drug-likeness (QED) is 0.861. The van der Waals surface area contributed by atoms with Crippen LogP contribution in [0.3, 0.4) is 0 Å². The highest BCUT2D eigenvalue weighted by Crippen LogP contribution is 2.45. The van der Waals surface area contributed by atoms with Gasteiger partial charge in [0.1, 0.15) is 0 Å². The van der Waals surface area contributed by atoms with Crippen LogP contribution in [0.15, 0.2) is 47.4 Å². The Morgan fingerprint density at radius 1 is 1.04 bits per heavy atom. The van der Waals surface area contributed by atoms with Crippen LogP contribution in [0.4, 0.5) is 5.69 Å². The van der Waals surface area contributed by atoms with Crippen LogP contribution in [-0.2, 0) is 10.0 Å². The zero-order chi connectivity index (χ0) is 16.4. The lowest BCUT2D eigenvalue weighted by molar-refractivity contribution is 0.600. The maximum Gasteiger partial charge on any atom is 0.262 e. The third kappa shape index (κ3) is 3.87. The van der Waals surface area contributed by atoms with Crippen molar-refractivity contribution in [2.24, 2.45) is 0 Å². The molecule has 122 valence electrons. The summed E-state index contributed by atoms with van der Waals surface area (Å²) in [6.45, 7) is 3.71. The minimum atomic E-state index is -3.57. The van der Waals surface area contributed by atoms with E-state index in [0.717, 1.165) is 22.6 Å². The van der Waals surface area contributed by atoms with Crippen molar-refractivity contribution in [1.82, 2.24) is 0 Å². The molecule has 2 aromatic rings. The van der Waals surface area contributed by atoms with Crippen LogP contribution in [0, 0.1) is 13.8 Å². The van der Waals surface area contributed by atoms with Crippen LogP contribution >= 0.6 is 23.5 Å². The average molecular weight is 366 g/mol. The Kier molecular flexibility index (Phi) is 4.94. The first-order valence-electron chi connectivity index (χ1n) is 7.39. The van der Waals surface area contributed by atoms with Crippen molar-refractivity contribution in [2.45, 2.75) is 23.3 Å². The predicted octanol–water partition coefficient (Wildman–Crippen LogP) is 4.58. The molecule has 0 aromatic heterocycles. The number of benzene rings is 2. The van der Waals surface area contributed by atoms with Gasteiger partial charge in [-0.05, 0) is 48.7 Å². The Hall–Kier alpha value is -1.11.